The minimum atomic E-state index is -3.41. The normalized spacial score (nSPS) is 14.3. The van der Waals surface area contributed by atoms with E-state index in [0.717, 1.165) is 0 Å². The summed E-state index contributed by atoms with van der Waals surface area (Å²) in [5.74, 6) is 0.00864. The molecule has 1 fully saturated rings. The molecule has 1 aliphatic rings. The van der Waals surface area contributed by atoms with Crippen LogP contribution < -0.4 is 14.8 Å². The van der Waals surface area contributed by atoms with Crippen molar-refractivity contribution in [3.05, 3.63) is 47.6 Å². The number of amides is 1. The highest BCUT2D eigenvalue weighted by Crippen LogP contribution is 2.30. The molecule has 0 spiro atoms. The molecule has 1 atom stereocenters. The van der Waals surface area contributed by atoms with Crippen molar-refractivity contribution in [2.75, 3.05) is 25.0 Å². The van der Waals surface area contributed by atoms with Gasteiger partial charge in [0, 0.05) is 26.1 Å². The number of nitrogens with zero attached hydrogens (tertiary/aromatic N) is 4. The first-order valence-electron chi connectivity index (χ1n) is 11.1. The second kappa shape index (κ2) is 11.1. The molecule has 11 nitrogen and oxygen atoms in total. The Bertz CT molecular complexity index is 1280. The Labute approximate surface area is 207 Å². The number of pyridine rings is 1. The summed E-state index contributed by atoms with van der Waals surface area (Å²) in [6.45, 7) is 2.69. The highest BCUT2D eigenvalue weighted by atomic mass is 32.2. The molecular formula is C22H26N6O5S2. The molecule has 3 aromatic heterocycles. The van der Waals surface area contributed by atoms with Gasteiger partial charge in [0.25, 0.3) is 5.91 Å². The maximum Gasteiger partial charge on any atom is 0.280 e. The Morgan fingerprint density at radius 2 is 2.09 bits per heavy atom. The summed E-state index contributed by atoms with van der Waals surface area (Å²) in [4.78, 5) is 30.8. The summed E-state index contributed by atoms with van der Waals surface area (Å²) in [5, 5.41) is 2.84. The summed E-state index contributed by atoms with van der Waals surface area (Å²) in [6, 6.07) is 2.70. The zero-order valence-corrected chi connectivity index (χ0v) is 20.9. The van der Waals surface area contributed by atoms with Gasteiger partial charge in [0.2, 0.25) is 15.9 Å². The Balaban J connectivity index is 1.50. The smallest absolute Gasteiger partial charge is 0.280 e. The molecule has 3 aromatic rings. The predicted molar refractivity (Wildman–Crippen MR) is 131 cm³/mol. The van der Waals surface area contributed by atoms with E-state index in [1.54, 1.807) is 31.6 Å². The van der Waals surface area contributed by atoms with Gasteiger partial charge in [0.05, 0.1) is 46.6 Å². The van der Waals surface area contributed by atoms with Crippen LogP contribution in [0.25, 0.3) is 10.6 Å². The third-order valence-electron chi connectivity index (χ3n) is 5.13. The van der Waals surface area contributed by atoms with E-state index in [4.69, 9.17) is 9.47 Å². The van der Waals surface area contributed by atoms with Crippen molar-refractivity contribution in [3.63, 3.8) is 0 Å². The van der Waals surface area contributed by atoms with E-state index in [2.05, 4.69) is 30.0 Å². The average Bonchev–Trinajstić information content (AvgIpc) is 3.60. The molecule has 0 saturated heterocycles. The summed E-state index contributed by atoms with van der Waals surface area (Å²) < 4.78 is 37.8. The van der Waals surface area contributed by atoms with Gasteiger partial charge in [0.15, 0.2) is 5.01 Å². The minimum absolute atomic E-state index is 0.247. The largest absolute Gasteiger partial charge is 0.477 e. The molecular weight excluding hydrogens is 492 g/mol. The Morgan fingerprint density at radius 1 is 1.26 bits per heavy atom. The molecule has 1 amide bonds. The van der Waals surface area contributed by atoms with E-state index >= 15 is 0 Å². The molecule has 0 radical (unpaired) electrons. The Hall–Kier alpha value is -3.16. The summed E-state index contributed by atoms with van der Waals surface area (Å²) in [5.41, 5.74) is 1.47. The van der Waals surface area contributed by atoms with Gasteiger partial charge in [0.1, 0.15) is 5.69 Å². The van der Waals surface area contributed by atoms with Gasteiger partial charge in [-0.2, -0.15) is 0 Å². The fraction of sp³-hybridized carbons (Fsp3) is 0.409. The molecule has 0 aliphatic heterocycles. The van der Waals surface area contributed by atoms with Crippen LogP contribution in [0.2, 0.25) is 0 Å². The maximum atomic E-state index is 13.0. The zero-order valence-electron chi connectivity index (χ0n) is 19.3. The molecule has 35 heavy (non-hydrogen) atoms. The molecule has 0 aromatic carbocycles. The van der Waals surface area contributed by atoms with Gasteiger partial charge in [-0.15, -0.1) is 11.3 Å². The van der Waals surface area contributed by atoms with Crippen molar-refractivity contribution < 1.29 is 22.7 Å². The van der Waals surface area contributed by atoms with Crippen LogP contribution in [0.5, 0.6) is 5.88 Å². The van der Waals surface area contributed by atoms with Crippen LogP contribution in [-0.4, -0.2) is 59.8 Å². The number of sulfonamides is 1. The Kier molecular flexibility index (Phi) is 7.88. The second-order valence-corrected chi connectivity index (χ2v) is 10.8. The van der Waals surface area contributed by atoms with Crippen LogP contribution >= 0.6 is 11.3 Å². The van der Waals surface area contributed by atoms with E-state index < -0.39 is 16.1 Å². The van der Waals surface area contributed by atoms with E-state index in [0.29, 0.717) is 60.3 Å². The molecule has 4 rings (SSSR count). The lowest BCUT2D eigenvalue weighted by Gasteiger charge is -2.18. The molecule has 1 aliphatic carbocycles. The molecule has 2 N–H and O–H groups in total. The molecule has 1 saturated carbocycles. The van der Waals surface area contributed by atoms with Crippen molar-refractivity contribution in [1.29, 1.82) is 0 Å². The van der Waals surface area contributed by atoms with Gasteiger partial charge in [-0.05, 0) is 38.3 Å². The SMILES string of the molecule is CCOc1cncc(-c2cnc(C(=O)N[C@H](CCOC)c3cc(NS(=O)(=O)C4CC4)ccn3)s2)n1. The Morgan fingerprint density at radius 3 is 2.83 bits per heavy atom. The van der Waals surface area contributed by atoms with Crippen LogP contribution in [0, 0.1) is 0 Å². The lowest BCUT2D eigenvalue weighted by molar-refractivity contribution is 0.0923. The van der Waals surface area contributed by atoms with E-state index in [1.807, 2.05) is 6.92 Å². The molecule has 186 valence electrons. The van der Waals surface area contributed by atoms with Crippen LogP contribution in [0.3, 0.4) is 0 Å². The first kappa shape index (κ1) is 24.9. The van der Waals surface area contributed by atoms with E-state index in [-0.39, 0.29) is 16.2 Å². The number of rotatable bonds is 12. The number of hydrogen-bond acceptors (Lipinski definition) is 10. The molecule has 13 heteroatoms. The number of carbonyl (C=O) groups is 1. The van der Waals surface area contributed by atoms with Gasteiger partial charge < -0.3 is 14.8 Å². The summed E-state index contributed by atoms with van der Waals surface area (Å²) >= 11 is 1.18. The molecule has 3 heterocycles. The first-order valence-corrected chi connectivity index (χ1v) is 13.4. The van der Waals surface area contributed by atoms with Gasteiger partial charge in [-0.1, -0.05) is 0 Å². The highest BCUT2D eigenvalue weighted by Gasteiger charge is 2.35. The third kappa shape index (κ3) is 6.50. The predicted octanol–water partition coefficient (Wildman–Crippen LogP) is 2.81. The van der Waals surface area contributed by atoms with Crippen LogP contribution in [0.15, 0.2) is 36.9 Å². The number of methoxy groups -OCH3 is 1. The van der Waals surface area contributed by atoms with Gasteiger partial charge >= 0.3 is 0 Å². The fourth-order valence-electron chi connectivity index (χ4n) is 3.26. The zero-order chi connectivity index (χ0) is 24.8. The van der Waals surface area contributed by atoms with Crippen molar-refractivity contribution >= 4 is 33.0 Å². The first-order chi connectivity index (χ1) is 16.9. The van der Waals surface area contributed by atoms with Crippen molar-refractivity contribution in [1.82, 2.24) is 25.3 Å². The number of aromatic nitrogens is 4. The standard InChI is InChI=1S/C22H26N6O5S2/c1-3-33-20-13-23-11-18(26-20)19-12-25-22(34-19)21(29)27-16(7-9-32-2)17-10-14(6-8-24-17)28-35(30,31)15-4-5-15/h6,8,10-13,15-16H,3-5,7,9H2,1-2H3,(H,24,28)(H,27,29)/t16-/m1/s1. The molecule has 0 unspecified atom stereocenters. The minimum Gasteiger partial charge on any atom is -0.477 e. The fourth-order valence-corrected chi connectivity index (χ4v) is 5.41. The van der Waals surface area contributed by atoms with Gasteiger partial charge in [-0.3, -0.25) is 19.5 Å². The lowest BCUT2D eigenvalue weighted by Crippen LogP contribution is -2.30. The quantitative estimate of drug-likeness (QED) is 0.369. The van der Waals surface area contributed by atoms with E-state index in [9.17, 15) is 13.2 Å². The highest BCUT2D eigenvalue weighted by molar-refractivity contribution is 7.93. The number of anilines is 1. The van der Waals surface area contributed by atoms with Crippen molar-refractivity contribution in [3.8, 4) is 16.5 Å². The van der Waals surface area contributed by atoms with Crippen LogP contribution in [0.4, 0.5) is 5.69 Å². The van der Waals surface area contributed by atoms with Crippen molar-refractivity contribution in [2.45, 2.75) is 37.5 Å². The van der Waals surface area contributed by atoms with Crippen molar-refractivity contribution in [2.24, 2.45) is 0 Å². The topological polar surface area (TPSA) is 145 Å². The third-order valence-corrected chi connectivity index (χ3v) is 8.02. The van der Waals surface area contributed by atoms with E-state index in [1.165, 1.54) is 23.7 Å². The van der Waals surface area contributed by atoms with Crippen LogP contribution in [0.1, 0.15) is 47.7 Å². The number of nitrogens with one attached hydrogen (secondary N) is 2. The second-order valence-electron chi connectivity index (χ2n) is 7.83. The number of carbonyl (C=O) groups excluding carboxylic acids is 1. The number of thiazole rings is 1. The summed E-state index contributed by atoms with van der Waals surface area (Å²) in [6.07, 6.45) is 7.94. The monoisotopic (exact) mass is 518 g/mol. The maximum absolute atomic E-state index is 13.0. The van der Waals surface area contributed by atoms with Gasteiger partial charge in [-0.25, -0.2) is 18.4 Å². The lowest BCUT2D eigenvalue weighted by atomic mass is 10.1. The van der Waals surface area contributed by atoms with Crippen LogP contribution in [-0.2, 0) is 14.8 Å². The average molecular weight is 519 g/mol. The summed E-state index contributed by atoms with van der Waals surface area (Å²) in [7, 11) is -1.85. The molecule has 0 bridgehead atoms. The number of hydrogen-bond donors (Lipinski definition) is 2. The number of ether oxygens (including phenoxy) is 2.